The van der Waals surface area contributed by atoms with Gasteiger partial charge in [-0.05, 0) is 33.6 Å². The summed E-state index contributed by atoms with van der Waals surface area (Å²) in [5.74, 6) is -0.511. The van der Waals surface area contributed by atoms with Crippen LogP contribution in [0, 0.1) is 6.92 Å². The fourth-order valence-corrected chi connectivity index (χ4v) is 4.71. The maximum atomic E-state index is 12.7. The number of ether oxygens (including phenoxy) is 2. The van der Waals surface area contributed by atoms with Crippen molar-refractivity contribution in [1.82, 2.24) is 20.3 Å². The van der Waals surface area contributed by atoms with E-state index in [1.807, 2.05) is 20.8 Å². The quantitative estimate of drug-likeness (QED) is 0.572. The molecular weight excluding hydrogens is 442 g/mol. The number of nitrogens with zero attached hydrogens (tertiary/aromatic N) is 3. The zero-order valence-corrected chi connectivity index (χ0v) is 19.7. The zero-order chi connectivity index (χ0) is 22.5. The third-order valence-corrected chi connectivity index (χ3v) is 6.42. The Hall–Kier alpha value is -2.17. The number of aromatic amines is 1. The fourth-order valence-electron chi connectivity index (χ4n) is 3.51. The number of imidazole rings is 1. The van der Waals surface area contributed by atoms with Crippen LogP contribution in [0.4, 0.5) is 5.13 Å². The maximum Gasteiger partial charge on any atom is 0.358 e. The van der Waals surface area contributed by atoms with Crippen molar-refractivity contribution in [1.29, 1.82) is 0 Å². The fraction of sp³-hybridized carbons (Fsp3) is 0.600. The van der Waals surface area contributed by atoms with Crippen molar-refractivity contribution in [2.24, 2.45) is 0 Å². The number of aryl methyl sites for hydroxylation is 2. The minimum atomic E-state index is -0.408. The van der Waals surface area contributed by atoms with E-state index in [4.69, 9.17) is 21.1 Å². The van der Waals surface area contributed by atoms with Gasteiger partial charge >= 0.3 is 5.97 Å². The molecule has 0 aromatic carbocycles. The van der Waals surface area contributed by atoms with Crippen LogP contribution in [-0.4, -0.2) is 65.3 Å². The molecule has 1 amide bonds. The van der Waals surface area contributed by atoms with Crippen molar-refractivity contribution in [2.45, 2.75) is 52.7 Å². The summed E-state index contributed by atoms with van der Waals surface area (Å²) in [7, 11) is 0. The van der Waals surface area contributed by atoms with Gasteiger partial charge < -0.3 is 24.7 Å². The van der Waals surface area contributed by atoms with Crippen LogP contribution in [0.2, 0.25) is 5.15 Å². The second kappa shape index (κ2) is 10.4. The average molecular weight is 470 g/mol. The van der Waals surface area contributed by atoms with E-state index >= 15 is 0 Å². The molecule has 9 nitrogen and oxygen atoms in total. The second-order valence-corrected chi connectivity index (χ2v) is 8.68. The Morgan fingerprint density at radius 3 is 2.71 bits per heavy atom. The standard InChI is InChI=1S/C20H28ClN5O4S/c1-5-12-16(21)25-17(22-12)18(27)23-13-8-9-26(10-14(13)29-6-2)20-24-15(11(4)31-20)19(28)30-7-3/h13-14H,5-10H2,1-4H3,(H,22,25)(H,23,27)/t13-,14+/m1/s1. The molecule has 1 fully saturated rings. The van der Waals surface area contributed by atoms with Crippen molar-refractivity contribution in [2.75, 3.05) is 31.2 Å². The largest absolute Gasteiger partial charge is 0.461 e. The molecule has 0 saturated carbocycles. The van der Waals surface area contributed by atoms with Crippen LogP contribution in [0.15, 0.2) is 0 Å². The van der Waals surface area contributed by atoms with Gasteiger partial charge in [0.15, 0.2) is 21.8 Å². The maximum absolute atomic E-state index is 12.7. The van der Waals surface area contributed by atoms with Gasteiger partial charge in [0.25, 0.3) is 5.91 Å². The SMILES string of the molecule is CCOC(=O)c1nc(N2CC[C@@H](NC(=O)c3nc(Cl)c(CC)[nH]3)[C@@H](OCC)C2)sc1C. The molecule has 2 aromatic heterocycles. The normalized spacial score (nSPS) is 18.8. The number of carbonyl (C=O) groups is 2. The number of hydrogen-bond acceptors (Lipinski definition) is 8. The molecule has 1 aliphatic heterocycles. The Morgan fingerprint density at radius 2 is 2.06 bits per heavy atom. The molecule has 1 aliphatic rings. The van der Waals surface area contributed by atoms with Crippen molar-refractivity contribution in [3.8, 4) is 0 Å². The highest BCUT2D eigenvalue weighted by Crippen LogP contribution is 2.29. The Morgan fingerprint density at radius 1 is 1.29 bits per heavy atom. The van der Waals surface area contributed by atoms with Crippen LogP contribution < -0.4 is 10.2 Å². The molecule has 31 heavy (non-hydrogen) atoms. The summed E-state index contributed by atoms with van der Waals surface area (Å²) in [5.41, 5.74) is 1.09. The van der Waals surface area contributed by atoms with Crippen LogP contribution in [0.5, 0.6) is 0 Å². The van der Waals surface area contributed by atoms with Gasteiger partial charge in [0.1, 0.15) is 0 Å². The van der Waals surface area contributed by atoms with Gasteiger partial charge in [-0.25, -0.2) is 14.8 Å². The molecule has 11 heteroatoms. The number of halogens is 1. The minimum Gasteiger partial charge on any atom is -0.461 e. The number of nitrogens with one attached hydrogen (secondary N) is 2. The topological polar surface area (TPSA) is 109 Å². The van der Waals surface area contributed by atoms with Gasteiger partial charge in [0, 0.05) is 24.6 Å². The van der Waals surface area contributed by atoms with E-state index in [2.05, 4.69) is 25.2 Å². The first kappa shape index (κ1) is 23.5. The zero-order valence-electron chi connectivity index (χ0n) is 18.2. The molecule has 0 spiro atoms. The summed E-state index contributed by atoms with van der Waals surface area (Å²) in [6.07, 6.45) is 1.10. The highest BCUT2D eigenvalue weighted by molar-refractivity contribution is 7.15. The highest BCUT2D eigenvalue weighted by atomic mass is 35.5. The summed E-state index contributed by atoms with van der Waals surface area (Å²) in [4.78, 5) is 39.3. The van der Waals surface area contributed by atoms with Crippen molar-refractivity contribution in [3.05, 3.63) is 27.2 Å². The van der Waals surface area contributed by atoms with Crippen LogP contribution >= 0.6 is 22.9 Å². The number of piperidine rings is 1. The first-order chi connectivity index (χ1) is 14.9. The lowest BCUT2D eigenvalue weighted by Crippen LogP contribution is -2.55. The number of aromatic nitrogens is 3. The van der Waals surface area contributed by atoms with E-state index in [-0.39, 0.29) is 23.9 Å². The van der Waals surface area contributed by atoms with E-state index in [1.54, 1.807) is 6.92 Å². The molecule has 3 rings (SSSR count). The number of H-pyrrole nitrogens is 1. The van der Waals surface area contributed by atoms with Crippen molar-refractivity contribution in [3.63, 3.8) is 0 Å². The van der Waals surface area contributed by atoms with Gasteiger partial charge in [-0.3, -0.25) is 4.79 Å². The van der Waals surface area contributed by atoms with Crippen LogP contribution in [0.1, 0.15) is 58.9 Å². The number of thiazole rings is 1. The lowest BCUT2D eigenvalue weighted by atomic mass is 10.0. The molecule has 170 valence electrons. The summed E-state index contributed by atoms with van der Waals surface area (Å²) >= 11 is 7.52. The van der Waals surface area contributed by atoms with Gasteiger partial charge in [0.2, 0.25) is 0 Å². The Balaban J connectivity index is 1.69. The van der Waals surface area contributed by atoms with Crippen LogP contribution in [0.3, 0.4) is 0 Å². The summed E-state index contributed by atoms with van der Waals surface area (Å²) in [6.45, 7) is 9.53. The first-order valence-corrected chi connectivity index (χ1v) is 11.6. The molecule has 0 bridgehead atoms. The Kier molecular flexibility index (Phi) is 7.90. The molecular formula is C20H28ClN5O4S. The van der Waals surface area contributed by atoms with Gasteiger partial charge in [0.05, 0.1) is 24.4 Å². The Labute approximate surface area is 190 Å². The summed E-state index contributed by atoms with van der Waals surface area (Å²) < 4.78 is 11.0. The van der Waals surface area contributed by atoms with Gasteiger partial charge in [-0.2, -0.15) is 0 Å². The van der Waals surface area contributed by atoms with E-state index in [0.29, 0.717) is 50.0 Å². The number of anilines is 1. The molecule has 2 aromatic rings. The number of hydrogen-bond donors (Lipinski definition) is 2. The third-order valence-electron chi connectivity index (χ3n) is 5.08. The number of carbonyl (C=O) groups excluding carboxylic acids is 2. The first-order valence-electron chi connectivity index (χ1n) is 10.4. The van der Waals surface area contributed by atoms with Gasteiger partial charge in [-0.15, -0.1) is 11.3 Å². The molecule has 3 heterocycles. The van der Waals surface area contributed by atoms with Crippen molar-refractivity contribution < 1.29 is 19.1 Å². The van der Waals surface area contributed by atoms with Gasteiger partial charge in [-0.1, -0.05) is 18.5 Å². The number of amides is 1. The molecule has 0 radical (unpaired) electrons. The van der Waals surface area contributed by atoms with E-state index < -0.39 is 5.97 Å². The predicted octanol–water partition coefficient (Wildman–Crippen LogP) is 2.98. The third kappa shape index (κ3) is 5.36. The highest BCUT2D eigenvalue weighted by Gasteiger charge is 2.33. The van der Waals surface area contributed by atoms with Crippen LogP contribution in [-0.2, 0) is 15.9 Å². The van der Waals surface area contributed by atoms with E-state index in [9.17, 15) is 9.59 Å². The molecule has 0 unspecified atom stereocenters. The van der Waals surface area contributed by atoms with E-state index in [0.717, 1.165) is 15.7 Å². The molecule has 1 saturated heterocycles. The molecule has 2 atom stereocenters. The molecule has 2 N–H and O–H groups in total. The smallest absolute Gasteiger partial charge is 0.358 e. The number of rotatable bonds is 8. The van der Waals surface area contributed by atoms with Crippen molar-refractivity contribution >= 4 is 39.9 Å². The summed E-state index contributed by atoms with van der Waals surface area (Å²) in [5, 5.41) is 4.09. The second-order valence-electron chi connectivity index (χ2n) is 7.14. The lowest BCUT2D eigenvalue weighted by molar-refractivity contribution is 0.0271. The number of esters is 1. The summed E-state index contributed by atoms with van der Waals surface area (Å²) in [6, 6.07) is -0.178. The monoisotopic (exact) mass is 469 g/mol. The Bertz CT molecular complexity index is 931. The average Bonchev–Trinajstić information content (AvgIpc) is 3.32. The lowest BCUT2D eigenvalue weighted by Gasteiger charge is -2.38. The predicted molar refractivity (Wildman–Crippen MR) is 119 cm³/mol. The van der Waals surface area contributed by atoms with E-state index in [1.165, 1.54) is 11.3 Å². The molecule has 0 aliphatic carbocycles. The minimum absolute atomic E-state index is 0.178. The van der Waals surface area contributed by atoms with Crippen LogP contribution in [0.25, 0.3) is 0 Å².